The molecule has 0 amide bonds. The molecule has 0 aromatic heterocycles. The summed E-state index contributed by atoms with van der Waals surface area (Å²) in [4.78, 5) is 12.2. The van der Waals surface area contributed by atoms with Gasteiger partial charge in [-0.1, -0.05) is 31.2 Å². The van der Waals surface area contributed by atoms with E-state index in [1.54, 1.807) is 0 Å². The third kappa shape index (κ3) is 3.40. The van der Waals surface area contributed by atoms with Crippen LogP contribution in [0, 0.1) is 17.3 Å². The van der Waals surface area contributed by atoms with Crippen molar-refractivity contribution >= 4 is 5.78 Å². The van der Waals surface area contributed by atoms with Gasteiger partial charge in [-0.3, -0.25) is 4.79 Å². The molecular formula is C21H30O4. The smallest absolute Gasteiger partial charge is 0.161 e. The zero-order valence-electron chi connectivity index (χ0n) is 15.1. The van der Waals surface area contributed by atoms with Crippen LogP contribution in [0.25, 0.3) is 0 Å². The standard InChI is InChI=1S/C21H30O4/c1-13-15(10-16(23)11-19(13)24)6-5-14-4-3-9-21(2)17(14)7-8-18(21)20(25)12-22/h5-6,16-19,22-24H,1,3-4,7-12H2,2H3/t16-,17+,18-,19+,21+/m1/s1. The summed E-state index contributed by atoms with van der Waals surface area (Å²) < 4.78 is 0. The molecule has 0 aliphatic heterocycles. The van der Waals surface area contributed by atoms with E-state index in [1.807, 2.05) is 6.08 Å². The molecule has 3 N–H and O–H groups in total. The number of carbonyl (C=O) groups is 1. The van der Waals surface area contributed by atoms with Gasteiger partial charge in [0.1, 0.15) is 6.61 Å². The number of rotatable bonds is 3. The van der Waals surface area contributed by atoms with Crippen LogP contribution in [0.5, 0.6) is 0 Å². The first kappa shape index (κ1) is 18.6. The molecule has 0 bridgehead atoms. The molecule has 0 unspecified atom stereocenters. The average Bonchev–Trinajstić information content (AvgIpc) is 2.93. The Balaban J connectivity index is 1.83. The fourth-order valence-corrected chi connectivity index (χ4v) is 5.34. The summed E-state index contributed by atoms with van der Waals surface area (Å²) in [6, 6.07) is 0. The zero-order valence-corrected chi connectivity index (χ0v) is 15.1. The summed E-state index contributed by atoms with van der Waals surface area (Å²) in [7, 11) is 0. The van der Waals surface area contributed by atoms with Crippen LogP contribution < -0.4 is 0 Å². The molecule has 5 atom stereocenters. The van der Waals surface area contributed by atoms with Crippen molar-refractivity contribution in [3.05, 3.63) is 35.5 Å². The number of carbonyl (C=O) groups excluding carboxylic acids is 1. The van der Waals surface area contributed by atoms with Crippen molar-refractivity contribution < 1.29 is 20.1 Å². The molecule has 0 spiro atoms. The second-order valence-corrected chi connectivity index (χ2v) is 8.23. The van der Waals surface area contributed by atoms with Crippen molar-refractivity contribution in [1.29, 1.82) is 0 Å². The highest BCUT2D eigenvalue weighted by molar-refractivity contribution is 5.83. The Hall–Kier alpha value is -1.23. The minimum atomic E-state index is -0.664. The molecule has 3 aliphatic carbocycles. The first-order valence-corrected chi connectivity index (χ1v) is 9.45. The molecule has 0 aromatic rings. The Morgan fingerprint density at radius 2 is 2.08 bits per heavy atom. The Morgan fingerprint density at radius 1 is 1.32 bits per heavy atom. The van der Waals surface area contributed by atoms with E-state index in [0.29, 0.717) is 24.3 Å². The summed E-state index contributed by atoms with van der Waals surface area (Å²) in [5, 5.41) is 29.2. The number of hydrogen-bond donors (Lipinski definition) is 3. The van der Waals surface area contributed by atoms with Crippen molar-refractivity contribution in [3.8, 4) is 0 Å². The number of ketones is 1. The van der Waals surface area contributed by atoms with Gasteiger partial charge in [0.25, 0.3) is 0 Å². The molecule has 3 fully saturated rings. The van der Waals surface area contributed by atoms with Crippen molar-refractivity contribution in [2.45, 2.75) is 64.1 Å². The van der Waals surface area contributed by atoms with E-state index in [0.717, 1.165) is 37.7 Å². The number of hydrogen-bond acceptors (Lipinski definition) is 4. The average molecular weight is 346 g/mol. The third-order valence-corrected chi connectivity index (χ3v) is 6.77. The maximum atomic E-state index is 12.2. The number of Topliss-reactive ketones (excluding diaryl/α,β-unsaturated/α-hetero) is 1. The first-order chi connectivity index (χ1) is 11.9. The van der Waals surface area contributed by atoms with Crippen LogP contribution in [0.15, 0.2) is 35.5 Å². The largest absolute Gasteiger partial charge is 0.393 e. The van der Waals surface area contributed by atoms with Crippen LogP contribution in [-0.2, 0) is 4.79 Å². The fourth-order valence-electron chi connectivity index (χ4n) is 5.34. The third-order valence-electron chi connectivity index (χ3n) is 6.77. The maximum Gasteiger partial charge on any atom is 0.161 e. The summed E-state index contributed by atoms with van der Waals surface area (Å²) in [6.07, 6.45) is 8.84. The van der Waals surface area contributed by atoms with Crippen LogP contribution >= 0.6 is 0 Å². The summed E-state index contributed by atoms with van der Waals surface area (Å²) in [5.41, 5.74) is 2.94. The molecular weight excluding hydrogens is 316 g/mol. The molecule has 3 aliphatic rings. The van der Waals surface area contributed by atoms with E-state index < -0.39 is 12.2 Å². The van der Waals surface area contributed by atoms with Crippen molar-refractivity contribution in [1.82, 2.24) is 0 Å². The van der Waals surface area contributed by atoms with Gasteiger partial charge in [0, 0.05) is 12.3 Å². The van der Waals surface area contributed by atoms with Crippen LogP contribution in [0.1, 0.15) is 51.9 Å². The number of allylic oxidation sites excluding steroid dienone is 3. The number of fused-ring (bicyclic) bond motifs is 1. The van der Waals surface area contributed by atoms with Gasteiger partial charge in [0.2, 0.25) is 0 Å². The van der Waals surface area contributed by atoms with E-state index in [-0.39, 0.29) is 23.7 Å². The SMILES string of the molecule is C=C1C(=CC=C2CCC[C@]3(C)[C@@H](C(=O)CO)CC[C@@H]23)C[C@@H](O)C[C@@H]1O. The van der Waals surface area contributed by atoms with Gasteiger partial charge < -0.3 is 15.3 Å². The van der Waals surface area contributed by atoms with Gasteiger partial charge in [-0.05, 0) is 61.0 Å². The van der Waals surface area contributed by atoms with Crippen molar-refractivity contribution in [2.24, 2.45) is 17.3 Å². The highest BCUT2D eigenvalue weighted by atomic mass is 16.3. The predicted octanol–water partition coefficient (Wildman–Crippen LogP) is 2.69. The summed E-state index contributed by atoms with van der Waals surface area (Å²) in [6.45, 7) is 5.82. The monoisotopic (exact) mass is 346 g/mol. The van der Waals surface area contributed by atoms with Crippen LogP contribution in [0.3, 0.4) is 0 Å². The molecule has 3 rings (SSSR count). The van der Waals surface area contributed by atoms with Gasteiger partial charge in [-0.25, -0.2) is 0 Å². The van der Waals surface area contributed by atoms with E-state index in [1.165, 1.54) is 5.57 Å². The summed E-state index contributed by atoms with van der Waals surface area (Å²) >= 11 is 0. The van der Waals surface area contributed by atoms with Crippen molar-refractivity contribution in [3.63, 3.8) is 0 Å². The van der Waals surface area contributed by atoms with Crippen LogP contribution in [0.2, 0.25) is 0 Å². The molecule has 0 heterocycles. The number of aliphatic hydroxyl groups excluding tert-OH is 3. The molecule has 0 aromatic carbocycles. The Labute approximate surface area is 149 Å². The lowest BCUT2D eigenvalue weighted by Gasteiger charge is -2.41. The second kappa shape index (κ2) is 7.18. The summed E-state index contributed by atoms with van der Waals surface area (Å²) in [5.74, 6) is 0.328. The molecule has 138 valence electrons. The lowest BCUT2D eigenvalue weighted by molar-refractivity contribution is -0.129. The van der Waals surface area contributed by atoms with E-state index in [9.17, 15) is 20.1 Å². The highest BCUT2D eigenvalue weighted by Gasteiger charge is 2.51. The van der Waals surface area contributed by atoms with Gasteiger partial charge in [0.05, 0.1) is 12.2 Å². The normalized spacial score (nSPS) is 42.0. The quantitative estimate of drug-likeness (QED) is 0.734. The predicted molar refractivity (Wildman–Crippen MR) is 96.8 cm³/mol. The van der Waals surface area contributed by atoms with Crippen molar-refractivity contribution in [2.75, 3.05) is 6.61 Å². The molecule has 4 heteroatoms. The lowest BCUT2D eigenvalue weighted by Crippen LogP contribution is -2.37. The minimum Gasteiger partial charge on any atom is -0.393 e. The topological polar surface area (TPSA) is 77.8 Å². The van der Waals surface area contributed by atoms with E-state index >= 15 is 0 Å². The molecule has 4 nitrogen and oxygen atoms in total. The van der Waals surface area contributed by atoms with Gasteiger partial charge >= 0.3 is 0 Å². The molecule has 3 saturated carbocycles. The lowest BCUT2D eigenvalue weighted by atomic mass is 9.62. The Bertz CT molecular complexity index is 617. The molecule has 0 saturated heterocycles. The first-order valence-electron chi connectivity index (χ1n) is 9.45. The number of aliphatic hydroxyl groups is 3. The second-order valence-electron chi connectivity index (χ2n) is 8.23. The van der Waals surface area contributed by atoms with E-state index in [4.69, 9.17) is 0 Å². The maximum absolute atomic E-state index is 12.2. The fraction of sp³-hybridized carbons (Fsp3) is 0.667. The van der Waals surface area contributed by atoms with Gasteiger partial charge in [-0.15, -0.1) is 0 Å². The van der Waals surface area contributed by atoms with Crippen LogP contribution in [-0.4, -0.2) is 39.9 Å². The molecule has 0 radical (unpaired) electrons. The zero-order chi connectivity index (χ0) is 18.2. The Kier molecular flexibility index (Phi) is 5.33. The van der Waals surface area contributed by atoms with Crippen LogP contribution in [0.4, 0.5) is 0 Å². The Morgan fingerprint density at radius 3 is 2.80 bits per heavy atom. The van der Waals surface area contributed by atoms with Gasteiger partial charge in [-0.2, -0.15) is 0 Å². The molecule has 25 heavy (non-hydrogen) atoms. The highest BCUT2D eigenvalue weighted by Crippen LogP contribution is 2.57. The van der Waals surface area contributed by atoms with E-state index in [2.05, 4.69) is 19.6 Å². The minimum absolute atomic E-state index is 0.0171. The van der Waals surface area contributed by atoms with Gasteiger partial charge in [0.15, 0.2) is 5.78 Å².